The highest BCUT2D eigenvalue weighted by Crippen LogP contribution is 2.25. The van der Waals surface area contributed by atoms with Gasteiger partial charge in [-0.2, -0.15) is 0 Å². The number of pyridine rings is 1. The molecule has 1 aromatic carbocycles. The summed E-state index contributed by atoms with van der Waals surface area (Å²) in [5, 5.41) is 21.1. The van der Waals surface area contributed by atoms with Crippen molar-refractivity contribution in [2.75, 3.05) is 7.11 Å². The molecule has 27 heavy (non-hydrogen) atoms. The van der Waals surface area contributed by atoms with Crippen molar-refractivity contribution < 1.29 is 14.6 Å². The van der Waals surface area contributed by atoms with E-state index in [0.29, 0.717) is 11.3 Å². The van der Waals surface area contributed by atoms with Gasteiger partial charge >= 0.3 is 0 Å². The fourth-order valence-corrected chi connectivity index (χ4v) is 2.69. The van der Waals surface area contributed by atoms with Crippen molar-refractivity contribution in [3.63, 3.8) is 0 Å². The molecule has 1 amide bonds. The molecule has 0 radical (unpaired) electrons. The summed E-state index contributed by atoms with van der Waals surface area (Å²) in [5.41, 5.74) is 1.72. The minimum atomic E-state index is -0.840. The quantitative estimate of drug-likeness (QED) is 0.661. The Morgan fingerprint density at radius 2 is 2.11 bits per heavy atom. The highest BCUT2D eigenvalue weighted by atomic mass is 16.5. The minimum Gasteiger partial charge on any atom is -0.496 e. The number of hydrogen-bond acceptors (Lipinski definition) is 6. The van der Waals surface area contributed by atoms with Gasteiger partial charge < -0.3 is 15.2 Å². The molecule has 3 aromatic rings. The lowest BCUT2D eigenvalue weighted by atomic mass is 10.1. The van der Waals surface area contributed by atoms with Gasteiger partial charge in [0, 0.05) is 18.0 Å². The van der Waals surface area contributed by atoms with Gasteiger partial charge in [-0.25, -0.2) is 4.68 Å². The van der Waals surface area contributed by atoms with Gasteiger partial charge in [-0.15, -0.1) is 5.10 Å². The average Bonchev–Trinajstić information content (AvgIpc) is 3.17. The van der Waals surface area contributed by atoms with Crippen LogP contribution in [0.15, 0.2) is 55.0 Å². The predicted molar refractivity (Wildman–Crippen MR) is 98.1 cm³/mol. The summed E-state index contributed by atoms with van der Waals surface area (Å²) in [7, 11) is 1.55. The molecule has 8 heteroatoms. The molecule has 2 aromatic heterocycles. The molecular formula is C19H21N5O3. The molecule has 0 fully saturated rings. The number of amides is 1. The molecular weight excluding hydrogens is 346 g/mol. The molecule has 140 valence electrons. The minimum absolute atomic E-state index is 0.152. The van der Waals surface area contributed by atoms with E-state index in [1.807, 2.05) is 31.2 Å². The zero-order chi connectivity index (χ0) is 19.2. The maximum Gasteiger partial charge on any atom is 0.273 e. The van der Waals surface area contributed by atoms with E-state index in [-0.39, 0.29) is 24.2 Å². The Hall–Kier alpha value is -3.26. The van der Waals surface area contributed by atoms with Crippen LogP contribution in [0.5, 0.6) is 5.75 Å². The van der Waals surface area contributed by atoms with E-state index in [2.05, 4.69) is 20.6 Å². The molecule has 2 atom stereocenters. The maximum absolute atomic E-state index is 12.4. The van der Waals surface area contributed by atoms with Crippen LogP contribution in [-0.2, 0) is 6.54 Å². The molecule has 2 heterocycles. The molecule has 0 aliphatic rings. The molecule has 8 nitrogen and oxygen atoms in total. The number of aliphatic hydroxyl groups is 1. The number of benzene rings is 1. The monoisotopic (exact) mass is 367 g/mol. The second-order valence-electron chi connectivity index (χ2n) is 6.07. The normalized spacial score (nSPS) is 13.0. The number of carbonyl (C=O) groups excluding carboxylic acids is 1. The lowest BCUT2D eigenvalue weighted by molar-refractivity contribution is 0.0934. The Morgan fingerprint density at radius 1 is 1.30 bits per heavy atom. The van der Waals surface area contributed by atoms with E-state index < -0.39 is 6.10 Å². The summed E-state index contributed by atoms with van der Waals surface area (Å²) in [5.74, 6) is 0.248. The smallest absolute Gasteiger partial charge is 0.273 e. The average molecular weight is 367 g/mol. The summed E-state index contributed by atoms with van der Waals surface area (Å²) in [6.07, 6.45) is 4.04. The number of aliphatic hydroxyl groups excluding tert-OH is 1. The van der Waals surface area contributed by atoms with Gasteiger partial charge in [0.2, 0.25) is 0 Å². The number of nitrogens with one attached hydrogen (secondary N) is 1. The third-order valence-electron chi connectivity index (χ3n) is 4.16. The van der Waals surface area contributed by atoms with E-state index in [9.17, 15) is 9.90 Å². The molecule has 0 saturated carbocycles. The van der Waals surface area contributed by atoms with E-state index >= 15 is 0 Å². The van der Waals surface area contributed by atoms with E-state index in [4.69, 9.17) is 4.74 Å². The molecule has 0 saturated heterocycles. The largest absolute Gasteiger partial charge is 0.496 e. The van der Waals surface area contributed by atoms with Gasteiger partial charge in [-0.05, 0) is 24.6 Å². The number of nitrogens with zero attached hydrogens (tertiary/aromatic N) is 4. The number of para-hydroxylation sites is 1. The summed E-state index contributed by atoms with van der Waals surface area (Å²) in [4.78, 5) is 16.4. The van der Waals surface area contributed by atoms with Crippen LogP contribution in [0.25, 0.3) is 0 Å². The van der Waals surface area contributed by atoms with Gasteiger partial charge in [0.05, 0.1) is 25.9 Å². The van der Waals surface area contributed by atoms with Crippen LogP contribution in [0.3, 0.4) is 0 Å². The maximum atomic E-state index is 12.4. The van der Waals surface area contributed by atoms with Crippen molar-refractivity contribution in [1.82, 2.24) is 25.3 Å². The number of ether oxygens (including phenoxy) is 1. The summed E-state index contributed by atoms with van der Waals surface area (Å²) in [6.45, 7) is 2.02. The van der Waals surface area contributed by atoms with Crippen LogP contribution >= 0.6 is 0 Å². The van der Waals surface area contributed by atoms with E-state index in [1.165, 1.54) is 10.9 Å². The van der Waals surface area contributed by atoms with Crippen molar-refractivity contribution in [1.29, 1.82) is 0 Å². The summed E-state index contributed by atoms with van der Waals surface area (Å²) >= 11 is 0. The molecule has 0 bridgehead atoms. The Labute approximate surface area is 156 Å². The number of carbonyl (C=O) groups is 1. The van der Waals surface area contributed by atoms with Crippen molar-refractivity contribution in [2.24, 2.45) is 0 Å². The molecule has 2 N–H and O–H groups in total. The van der Waals surface area contributed by atoms with Crippen molar-refractivity contribution >= 4 is 5.91 Å². The second-order valence-corrected chi connectivity index (χ2v) is 6.07. The van der Waals surface area contributed by atoms with Gasteiger partial charge in [0.1, 0.15) is 11.9 Å². The molecule has 0 unspecified atom stereocenters. The predicted octanol–water partition coefficient (Wildman–Crippen LogP) is 1.91. The van der Waals surface area contributed by atoms with Crippen LogP contribution < -0.4 is 10.1 Å². The fourth-order valence-electron chi connectivity index (χ4n) is 2.69. The Bertz CT molecular complexity index is 897. The molecule has 0 spiro atoms. The van der Waals surface area contributed by atoms with Crippen molar-refractivity contribution in [3.8, 4) is 5.75 Å². The highest BCUT2D eigenvalue weighted by molar-refractivity contribution is 5.92. The number of aromatic nitrogens is 4. The lowest BCUT2D eigenvalue weighted by Gasteiger charge is -2.14. The highest BCUT2D eigenvalue weighted by Gasteiger charge is 2.18. The standard InChI is InChI=1S/C19H21N5O3/c1-13(14-6-5-9-20-10-14)21-19(26)16-11-24(23-22-16)12-17(25)15-7-3-4-8-18(15)27-2/h3-11,13,17,25H,12H2,1-2H3,(H,21,26)/t13-,17-/m1/s1. The van der Waals surface area contributed by atoms with Crippen LogP contribution in [0.2, 0.25) is 0 Å². The first kappa shape index (κ1) is 18.5. The molecule has 3 rings (SSSR count). The van der Waals surface area contributed by atoms with E-state index in [0.717, 1.165) is 5.56 Å². The number of rotatable bonds is 7. The van der Waals surface area contributed by atoms with Crippen LogP contribution in [0, 0.1) is 0 Å². The number of methoxy groups -OCH3 is 1. The van der Waals surface area contributed by atoms with E-state index in [1.54, 1.807) is 31.6 Å². The summed E-state index contributed by atoms with van der Waals surface area (Å²) < 4.78 is 6.69. The van der Waals surface area contributed by atoms with Crippen molar-refractivity contribution in [2.45, 2.75) is 25.6 Å². The second kappa shape index (κ2) is 8.41. The van der Waals surface area contributed by atoms with Crippen LogP contribution in [-0.4, -0.2) is 38.1 Å². The SMILES string of the molecule is COc1ccccc1[C@H](O)Cn1cc(C(=O)N[C@H](C)c2cccnc2)nn1. The fraction of sp³-hybridized carbons (Fsp3) is 0.263. The van der Waals surface area contributed by atoms with Gasteiger partial charge in [0.15, 0.2) is 5.69 Å². The summed E-state index contributed by atoms with van der Waals surface area (Å²) in [6, 6.07) is 10.7. The lowest BCUT2D eigenvalue weighted by Crippen LogP contribution is -2.27. The first-order valence-corrected chi connectivity index (χ1v) is 8.50. The van der Waals surface area contributed by atoms with Crippen LogP contribution in [0.4, 0.5) is 0 Å². The van der Waals surface area contributed by atoms with Gasteiger partial charge in [-0.3, -0.25) is 9.78 Å². The third kappa shape index (κ3) is 4.48. The Balaban J connectivity index is 1.65. The van der Waals surface area contributed by atoms with Gasteiger partial charge in [0.25, 0.3) is 5.91 Å². The Morgan fingerprint density at radius 3 is 2.85 bits per heavy atom. The first-order chi connectivity index (χ1) is 13.1. The topological polar surface area (TPSA) is 102 Å². The zero-order valence-electron chi connectivity index (χ0n) is 15.1. The van der Waals surface area contributed by atoms with Crippen molar-refractivity contribution in [3.05, 3.63) is 71.8 Å². The van der Waals surface area contributed by atoms with Gasteiger partial charge in [-0.1, -0.05) is 29.5 Å². The zero-order valence-corrected chi connectivity index (χ0v) is 15.1. The molecule has 0 aliphatic heterocycles. The number of hydrogen-bond donors (Lipinski definition) is 2. The Kier molecular flexibility index (Phi) is 5.77. The van der Waals surface area contributed by atoms with Crippen LogP contribution in [0.1, 0.15) is 40.7 Å². The third-order valence-corrected chi connectivity index (χ3v) is 4.16. The molecule has 0 aliphatic carbocycles. The first-order valence-electron chi connectivity index (χ1n) is 8.50.